The lowest BCUT2D eigenvalue weighted by Crippen LogP contribution is -2.53. The van der Waals surface area contributed by atoms with E-state index in [1.807, 2.05) is 88.4 Å². The summed E-state index contributed by atoms with van der Waals surface area (Å²) in [5.41, 5.74) is 1.82. The smallest absolute Gasteiger partial charge is 0.408 e. The Labute approximate surface area is 208 Å². The number of ketones is 1. The zero-order chi connectivity index (χ0) is 25.6. The van der Waals surface area contributed by atoms with Crippen LogP contribution in [0.15, 0.2) is 60.7 Å². The summed E-state index contributed by atoms with van der Waals surface area (Å²) in [7, 11) is 0. The monoisotopic (exact) mass is 482 g/mol. The van der Waals surface area contributed by atoms with Gasteiger partial charge in [0.05, 0.1) is 12.6 Å². The molecule has 0 heterocycles. The second-order valence-electron chi connectivity index (χ2n) is 9.52. The number of hydrogen-bond donors (Lipinski definition) is 2. The summed E-state index contributed by atoms with van der Waals surface area (Å²) in [5, 5.41) is 5.51. The molecule has 0 aliphatic carbocycles. The molecule has 2 rings (SSSR count). The van der Waals surface area contributed by atoms with Crippen molar-refractivity contribution in [2.24, 2.45) is 11.8 Å². The molecule has 7 nitrogen and oxygen atoms in total. The van der Waals surface area contributed by atoms with Gasteiger partial charge in [-0.3, -0.25) is 9.59 Å². The van der Waals surface area contributed by atoms with Crippen LogP contribution in [-0.4, -0.2) is 36.5 Å². The highest BCUT2D eigenvalue weighted by Crippen LogP contribution is 2.11. The highest BCUT2D eigenvalue weighted by molar-refractivity contribution is 5.92. The van der Waals surface area contributed by atoms with Crippen LogP contribution in [0.5, 0.6) is 0 Å². The molecule has 2 aromatic rings. The average molecular weight is 483 g/mol. The van der Waals surface area contributed by atoms with E-state index in [0.717, 1.165) is 11.1 Å². The van der Waals surface area contributed by atoms with E-state index in [1.54, 1.807) is 0 Å². The molecule has 0 spiro atoms. The first-order valence-corrected chi connectivity index (χ1v) is 12.2. The molecule has 2 aromatic carbocycles. The van der Waals surface area contributed by atoms with Crippen LogP contribution in [0, 0.1) is 11.8 Å². The molecular weight excluding hydrogens is 444 g/mol. The Bertz CT molecular complexity index is 915. The topological polar surface area (TPSA) is 93.7 Å². The van der Waals surface area contributed by atoms with Crippen molar-refractivity contribution in [3.63, 3.8) is 0 Å². The third-order valence-corrected chi connectivity index (χ3v) is 5.30. The highest BCUT2D eigenvalue weighted by Gasteiger charge is 2.28. The zero-order valence-corrected chi connectivity index (χ0v) is 21.2. The lowest BCUT2D eigenvalue weighted by Gasteiger charge is -2.24. The van der Waals surface area contributed by atoms with Crippen LogP contribution in [0.4, 0.5) is 4.79 Å². The minimum absolute atomic E-state index is 0.103. The Kier molecular flexibility index (Phi) is 12.0. The Hall–Kier alpha value is -3.19. The van der Waals surface area contributed by atoms with Gasteiger partial charge in [-0.25, -0.2) is 4.79 Å². The molecular formula is C28H38N2O5. The van der Waals surface area contributed by atoms with Gasteiger partial charge in [-0.2, -0.15) is 0 Å². The van der Waals surface area contributed by atoms with Crippen LogP contribution in [0.2, 0.25) is 0 Å². The number of nitrogens with one attached hydrogen (secondary N) is 2. The number of carbonyl (C=O) groups excluding carboxylic acids is 3. The maximum Gasteiger partial charge on any atom is 0.408 e. The first-order chi connectivity index (χ1) is 16.7. The molecule has 35 heavy (non-hydrogen) atoms. The summed E-state index contributed by atoms with van der Waals surface area (Å²) < 4.78 is 10.9. The molecule has 0 bridgehead atoms. The normalized spacial score (nSPS) is 12.7. The van der Waals surface area contributed by atoms with Gasteiger partial charge in [-0.15, -0.1) is 0 Å². The molecule has 0 radical (unpaired) electrons. The molecule has 0 aliphatic rings. The summed E-state index contributed by atoms with van der Waals surface area (Å²) >= 11 is 0. The van der Waals surface area contributed by atoms with Gasteiger partial charge in [-0.1, -0.05) is 88.4 Å². The quantitative estimate of drug-likeness (QED) is 0.409. The average Bonchev–Trinajstić information content (AvgIpc) is 2.82. The first-order valence-electron chi connectivity index (χ1n) is 12.2. The summed E-state index contributed by atoms with van der Waals surface area (Å²) in [5.74, 6) is -0.269. The van der Waals surface area contributed by atoms with Gasteiger partial charge < -0.3 is 20.1 Å². The van der Waals surface area contributed by atoms with E-state index in [4.69, 9.17) is 9.47 Å². The second-order valence-corrected chi connectivity index (χ2v) is 9.52. The third kappa shape index (κ3) is 11.2. The van der Waals surface area contributed by atoms with Gasteiger partial charge in [-0.05, 0) is 35.8 Å². The lowest BCUT2D eigenvalue weighted by molar-refractivity contribution is -0.132. The fourth-order valence-corrected chi connectivity index (χ4v) is 3.57. The van der Waals surface area contributed by atoms with Gasteiger partial charge in [0.15, 0.2) is 5.78 Å². The standard InChI is InChI=1S/C28H38N2O5/c1-20(2)15-24(26(31)19-34-17-22-11-7-5-8-12-22)29-27(32)25(16-21(3)4)30-28(33)35-18-23-13-9-6-10-14-23/h5-14,20-21,24-25H,15-19H2,1-4H3,(H,29,32)(H,30,33)/t24?,25-/m0/s1. The van der Waals surface area contributed by atoms with Crippen molar-refractivity contribution in [1.82, 2.24) is 10.6 Å². The lowest BCUT2D eigenvalue weighted by atomic mass is 9.98. The van der Waals surface area contributed by atoms with E-state index >= 15 is 0 Å². The van der Waals surface area contributed by atoms with Crippen molar-refractivity contribution in [3.8, 4) is 0 Å². The molecule has 0 aliphatic heterocycles. The summed E-state index contributed by atoms with van der Waals surface area (Å²) in [6.07, 6.45) is 0.221. The molecule has 2 amide bonds. The van der Waals surface area contributed by atoms with E-state index < -0.39 is 24.1 Å². The van der Waals surface area contributed by atoms with Crippen LogP contribution in [0.25, 0.3) is 0 Å². The third-order valence-electron chi connectivity index (χ3n) is 5.30. The van der Waals surface area contributed by atoms with Crippen LogP contribution >= 0.6 is 0 Å². The number of Topliss-reactive ketones (excluding diaryl/α,β-unsaturated/α-hetero) is 1. The SMILES string of the molecule is CC(C)CC(NC(=O)[C@H](CC(C)C)NC(=O)OCc1ccccc1)C(=O)COCc1ccccc1. The maximum atomic E-state index is 13.1. The fraction of sp³-hybridized carbons (Fsp3) is 0.464. The molecule has 0 saturated carbocycles. The molecule has 0 aromatic heterocycles. The summed E-state index contributed by atoms with van der Waals surface area (Å²) in [6, 6.07) is 17.4. The van der Waals surface area contributed by atoms with Crippen LogP contribution < -0.4 is 10.6 Å². The molecule has 2 atom stereocenters. The molecule has 190 valence electrons. The van der Waals surface area contributed by atoms with Crippen molar-refractivity contribution >= 4 is 17.8 Å². The number of rotatable bonds is 14. The number of carbonyl (C=O) groups is 3. The number of benzene rings is 2. The molecule has 7 heteroatoms. The molecule has 1 unspecified atom stereocenters. The van der Waals surface area contributed by atoms with Gasteiger partial charge >= 0.3 is 6.09 Å². The van der Waals surface area contributed by atoms with Gasteiger partial charge in [0.1, 0.15) is 19.3 Å². The predicted octanol–water partition coefficient (Wildman–Crippen LogP) is 4.64. The van der Waals surface area contributed by atoms with Crippen molar-refractivity contribution in [1.29, 1.82) is 0 Å². The number of ether oxygens (including phenoxy) is 2. The Morgan fingerprint density at radius 1 is 0.714 bits per heavy atom. The largest absolute Gasteiger partial charge is 0.445 e. The highest BCUT2D eigenvalue weighted by atomic mass is 16.5. The van der Waals surface area contributed by atoms with Crippen molar-refractivity contribution in [2.45, 2.75) is 65.8 Å². The minimum Gasteiger partial charge on any atom is -0.445 e. The Balaban J connectivity index is 1.95. The van der Waals surface area contributed by atoms with E-state index in [2.05, 4.69) is 10.6 Å². The maximum absolute atomic E-state index is 13.1. The van der Waals surface area contributed by atoms with E-state index in [1.165, 1.54) is 0 Å². The Morgan fingerprint density at radius 2 is 1.23 bits per heavy atom. The van der Waals surface area contributed by atoms with E-state index in [-0.39, 0.29) is 30.8 Å². The minimum atomic E-state index is -0.814. The van der Waals surface area contributed by atoms with Gasteiger partial charge in [0.25, 0.3) is 0 Å². The Morgan fingerprint density at radius 3 is 1.77 bits per heavy atom. The van der Waals surface area contributed by atoms with Crippen LogP contribution in [0.3, 0.4) is 0 Å². The van der Waals surface area contributed by atoms with Crippen molar-refractivity contribution in [3.05, 3.63) is 71.8 Å². The van der Waals surface area contributed by atoms with Gasteiger partial charge in [0.2, 0.25) is 5.91 Å². The van der Waals surface area contributed by atoms with Crippen molar-refractivity contribution in [2.75, 3.05) is 6.61 Å². The van der Waals surface area contributed by atoms with Crippen LogP contribution in [0.1, 0.15) is 51.7 Å². The summed E-state index contributed by atoms with van der Waals surface area (Å²) in [4.78, 5) is 38.4. The van der Waals surface area contributed by atoms with Crippen LogP contribution in [-0.2, 0) is 32.3 Å². The van der Waals surface area contributed by atoms with Crippen molar-refractivity contribution < 1.29 is 23.9 Å². The summed E-state index contributed by atoms with van der Waals surface area (Å²) in [6.45, 7) is 8.23. The van der Waals surface area contributed by atoms with Gasteiger partial charge in [0, 0.05) is 0 Å². The number of hydrogen-bond acceptors (Lipinski definition) is 5. The number of amides is 2. The van der Waals surface area contributed by atoms with E-state index in [0.29, 0.717) is 19.4 Å². The molecule has 0 saturated heterocycles. The second kappa shape index (κ2) is 14.9. The fourth-order valence-electron chi connectivity index (χ4n) is 3.57. The molecule has 0 fully saturated rings. The first kappa shape index (κ1) is 28.1. The molecule has 2 N–H and O–H groups in total. The number of alkyl carbamates (subject to hydrolysis) is 1. The predicted molar refractivity (Wildman–Crippen MR) is 135 cm³/mol. The zero-order valence-electron chi connectivity index (χ0n) is 21.2. The van der Waals surface area contributed by atoms with E-state index in [9.17, 15) is 14.4 Å².